The highest BCUT2D eigenvalue weighted by Crippen LogP contribution is 2.17. The molecule has 0 N–H and O–H groups in total. The van der Waals surface area contributed by atoms with Crippen molar-refractivity contribution < 1.29 is 0 Å². The zero-order valence-corrected chi connectivity index (χ0v) is 16.3. The highest BCUT2D eigenvalue weighted by molar-refractivity contribution is 4.54. The fourth-order valence-electron chi connectivity index (χ4n) is 3.38. The molecule has 22 heavy (non-hydrogen) atoms. The second-order valence-electron chi connectivity index (χ2n) is 7.63. The maximum absolute atomic E-state index is 2.44. The molecule has 0 heteroatoms. The van der Waals surface area contributed by atoms with E-state index in [4.69, 9.17) is 0 Å². The van der Waals surface area contributed by atoms with Gasteiger partial charge in [-0.1, -0.05) is 136 Å². The van der Waals surface area contributed by atoms with Crippen LogP contribution in [0.4, 0.5) is 0 Å². The van der Waals surface area contributed by atoms with Gasteiger partial charge in [0.2, 0.25) is 0 Å². The molecule has 0 aromatic rings. The summed E-state index contributed by atoms with van der Waals surface area (Å²) in [6, 6.07) is 0. The Hall–Kier alpha value is 0. The molecule has 0 bridgehead atoms. The van der Waals surface area contributed by atoms with Crippen molar-refractivity contribution >= 4 is 0 Å². The van der Waals surface area contributed by atoms with E-state index in [2.05, 4.69) is 20.8 Å². The van der Waals surface area contributed by atoms with Gasteiger partial charge in [-0.25, -0.2) is 0 Å². The van der Waals surface area contributed by atoms with Crippen molar-refractivity contribution in [2.24, 2.45) is 5.92 Å². The summed E-state index contributed by atoms with van der Waals surface area (Å²) in [4.78, 5) is 0. The lowest BCUT2D eigenvalue weighted by atomic mass is 9.97. The van der Waals surface area contributed by atoms with Gasteiger partial charge in [0.05, 0.1) is 0 Å². The molecule has 0 spiro atoms. The molecule has 0 amide bonds. The summed E-state index contributed by atoms with van der Waals surface area (Å²) in [5.74, 6) is 0.970. The molecule has 0 nitrogen and oxygen atoms in total. The third-order valence-electron chi connectivity index (χ3n) is 5.10. The van der Waals surface area contributed by atoms with Crippen LogP contribution in [0.1, 0.15) is 136 Å². The van der Waals surface area contributed by atoms with Crippen LogP contribution < -0.4 is 0 Å². The molecule has 0 aliphatic rings. The molecule has 0 radical (unpaired) electrons. The first-order valence-electron chi connectivity index (χ1n) is 10.8. The SMILES string of the molecule is CCCCCCCCCCCCCCCC[C@@H](C)CCCC. The Morgan fingerprint density at radius 1 is 0.409 bits per heavy atom. The van der Waals surface area contributed by atoms with Gasteiger partial charge in [0, 0.05) is 0 Å². The molecule has 0 aromatic carbocycles. The molecule has 0 saturated carbocycles. The summed E-state index contributed by atoms with van der Waals surface area (Å²) in [6.45, 7) is 7.05. The largest absolute Gasteiger partial charge is 0.0654 e. The Balaban J connectivity index is 3.02. The normalized spacial score (nSPS) is 12.7. The van der Waals surface area contributed by atoms with Crippen molar-refractivity contribution in [2.45, 2.75) is 136 Å². The van der Waals surface area contributed by atoms with Crippen LogP contribution in [0.15, 0.2) is 0 Å². The van der Waals surface area contributed by atoms with Crippen LogP contribution in [0.3, 0.4) is 0 Å². The van der Waals surface area contributed by atoms with Gasteiger partial charge in [-0.3, -0.25) is 0 Å². The molecule has 0 heterocycles. The van der Waals surface area contributed by atoms with E-state index in [0.29, 0.717) is 0 Å². The van der Waals surface area contributed by atoms with Crippen molar-refractivity contribution in [3.05, 3.63) is 0 Å². The average molecular weight is 311 g/mol. The predicted molar refractivity (Wildman–Crippen MR) is 104 cm³/mol. The van der Waals surface area contributed by atoms with E-state index in [9.17, 15) is 0 Å². The highest BCUT2D eigenvalue weighted by Gasteiger charge is 2.01. The fourth-order valence-corrected chi connectivity index (χ4v) is 3.38. The number of hydrogen-bond acceptors (Lipinski definition) is 0. The number of unbranched alkanes of at least 4 members (excludes halogenated alkanes) is 14. The second-order valence-corrected chi connectivity index (χ2v) is 7.63. The van der Waals surface area contributed by atoms with Gasteiger partial charge in [-0.05, 0) is 5.92 Å². The van der Waals surface area contributed by atoms with Crippen LogP contribution in [0.2, 0.25) is 0 Å². The zero-order chi connectivity index (χ0) is 16.3. The van der Waals surface area contributed by atoms with Crippen molar-refractivity contribution in [1.82, 2.24) is 0 Å². The van der Waals surface area contributed by atoms with E-state index in [1.165, 1.54) is 116 Å². The monoisotopic (exact) mass is 310 g/mol. The Morgan fingerprint density at radius 2 is 0.727 bits per heavy atom. The smallest absolute Gasteiger partial charge is 0.0443 e. The van der Waals surface area contributed by atoms with Gasteiger partial charge in [0.25, 0.3) is 0 Å². The minimum atomic E-state index is 0.970. The Bertz CT molecular complexity index is 184. The van der Waals surface area contributed by atoms with Crippen LogP contribution in [0.25, 0.3) is 0 Å². The Morgan fingerprint density at radius 3 is 1.14 bits per heavy atom. The molecule has 134 valence electrons. The van der Waals surface area contributed by atoms with Crippen molar-refractivity contribution in [1.29, 1.82) is 0 Å². The topological polar surface area (TPSA) is 0 Å². The van der Waals surface area contributed by atoms with E-state index in [1.807, 2.05) is 0 Å². The lowest BCUT2D eigenvalue weighted by Gasteiger charge is -2.10. The summed E-state index contributed by atoms with van der Waals surface area (Å²) in [5.41, 5.74) is 0. The van der Waals surface area contributed by atoms with Gasteiger partial charge >= 0.3 is 0 Å². The van der Waals surface area contributed by atoms with E-state index >= 15 is 0 Å². The van der Waals surface area contributed by atoms with E-state index in [0.717, 1.165) is 5.92 Å². The summed E-state index contributed by atoms with van der Waals surface area (Å²) in [5, 5.41) is 0. The van der Waals surface area contributed by atoms with Gasteiger partial charge in [0.1, 0.15) is 0 Å². The first-order chi connectivity index (χ1) is 10.8. The molecule has 1 atom stereocenters. The minimum absolute atomic E-state index is 0.970. The van der Waals surface area contributed by atoms with E-state index < -0.39 is 0 Å². The van der Waals surface area contributed by atoms with Gasteiger partial charge in [-0.15, -0.1) is 0 Å². The molecular weight excluding hydrogens is 264 g/mol. The van der Waals surface area contributed by atoms with Crippen molar-refractivity contribution in [3.63, 3.8) is 0 Å². The Labute approximate surface area is 142 Å². The third-order valence-corrected chi connectivity index (χ3v) is 5.10. The standard InChI is InChI=1S/C22H46/c1-4-6-8-9-10-11-12-13-14-15-16-17-18-19-21-22(3)20-7-5-2/h22H,4-21H2,1-3H3/t22-/m0/s1. The second kappa shape index (κ2) is 19.0. The predicted octanol–water partition coefficient (Wildman–Crippen LogP) is 8.68. The summed E-state index contributed by atoms with van der Waals surface area (Å²) < 4.78 is 0. The fraction of sp³-hybridized carbons (Fsp3) is 1.00. The molecule has 0 unspecified atom stereocenters. The first kappa shape index (κ1) is 22.0. The van der Waals surface area contributed by atoms with E-state index in [1.54, 1.807) is 0 Å². The van der Waals surface area contributed by atoms with Crippen LogP contribution >= 0.6 is 0 Å². The van der Waals surface area contributed by atoms with Gasteiger partial charge < -0.3 is 0 Å². The zero-order valence-electron chi connectivity index (χ0n) is 16.3. The minimum Gasteiger partial charge on any atom is -0.0654 e. The highest BCUT2D eigenvalue weighted by atomic mass is 14.1. The molecule has 0 aromatic heterocycles. The average Bonchev–Trinajstić information content (AvgIpc) is 2.53. The van der Waals surface area contributed by atoms with E-state index in [-0.39, 0.29) is 0 Å². The van der Waals surface area contributed by atoms with Crippen LogP contribution in [0, 0.1) is 5.92 Å². The van der Waals surface area contributed by atoms with Crippen molar-refractivity contribution in [2.75, 3.05) is 0 Å². The maximum atomic E-state index is 2.44. The van der Waals surface area contributed by atoms with Gasteiger partial charge in [0.15, 0.2) is 0 Å². The molecule has 0 saturated heterocycles. The lowest BCUT2D eigenvalue weighted by molar-refractivity contribution is 0.440. The van der Waals surface area contributed by atoms with Gasteiger partial charge in [-0.2, -0.15) is 0 Å². The number of rotatable bonds is 18. The first-order valence-corrected chi connectivity index (χ1v) is 10.8. The van der Waals surface area contributed by atoms with Crippen LogP contribution in [0.5, 0.6) is 0 Å². The lowest BCUT2D eigenvalue weighted by Crippen LogP contribution is -1.94. The number of hydrogen-bond donors (Lipinski definition) is 0. The Kier molecular flexibility index (Phi) is 19.0. The third kappa shape index (κ3) is 18.1. The molecular formula is C22H46. The van der Waals surface area contributed by atoms with Crippen LogP contribution in [-0.2, 0) is 0 Å². The summed E-state index contributed by atoms with van der Waals surface area (Å²) in [7, 11) is 0. The van der Waals surface area contributed by atoms with Crippen LogP contribution in [-0.4, -0.2) is 0 Å². The van der Waals surface area contributed by atoms with Crippen molar-refractivity contribution in [3.8, 4) is 0 Å². The molecule has 0 rings (SSSR count). The maximum Gasteiger partial charge on any atom is -0.0443 e. The summed E-state index contributed by atoms with van der Waals surface area (Å²) >= 11 is 0. The molecule has 0 fully saturated rings. The summed E-state index contributed by atoms with van der Waals surface area (Å²) in [6.07, 6.45) is 26.3. The molecule has 0 aliphatic heterocycles. The molecule has 0 aliphatic carbocycles. The quantitative estimate of drug-likeness (QED) is 0.222.